The maximum Gasteiger partial charge on any atom is 0.309 e. The zero-order chi connectivity index (χ0) is 14.0. The number of aryl methyl sites for hydroxylation is 1. The normalized spacial score (nSPS) is 20.8. The Labute approximate surface area is 117 Å². The van der Waals surface area contributed by atoms with Crippen LogP contribution in [0.3, 0.4) is 0 Å². The Kier molecular flexibility index (Phi) is 4.10. The van der Waals surface area contributed by atoms with Crippen LogP contribution in [0.2, 0.25) is 5.02 Å². The first-order valence-corrected chi connectivity index (χ1v) is 6.58. The smallest absolute Gasteiger partial charge is 0.309 e. The third-order valence-electron chi connectivity index (χ3n) is 3.23. The topological polar surface area (TPSA) is 55.4 Å². The summed E-state index contributed by atoms with van der Waals surface area (Å²) in [6, 6.07) is 5.23. The van der Waals surface area contributed by atoms with E-state index < -0.39 is 0 Å². The van der Waals surface area contributed by atoms with Crippen LogP contribution in [0.5, 0.6) is 0 Å². The van der Waals surface area contributed by atoms with E-state index in [1.165, 1.54) is 0 Å². The lowest BCUT2D eigenvalue weighted by Crippen LogP contribution is -2.22. The number of rotatable bonds is 4. The number of amides is 1. The minimum absolute atomic E-state index is 0.0271. The molecule has 0 heterocycles. The second kappa shape index (κ2) is 5.61. The summed E-state index contributed by atoms with van der Waals surface area (Å²) in [5.41, 5.74) is 1.54. The van der Waals surface area contributed by atoms with Crippen LogP contribution in [0.15, 0.2) is 18.2 Å². The van der Waals surface area contributed by atoms with Gasteiger partial charge in [-0.3, -0.25) is 9.59 Å². The molecule has 0 aromatic heterocycles. The minimum Gasteiger partial charge on any atom is -0.455 e. The number of anilines is 1. The molecule has 2 atom stereocenters. The molecular formula is C14H16ClNO3. The molecular weight excluding hydrogens is 266 g/mol. The molecule has 0 unspecified atom stereocenters. The Morgan fingerprint density at radius 1 is 1.47 bits per heavy atom. The van der Waals surface area contributed by atoms with Crippen LogP contribution >= 0.6 is 11.6 Å². The quantitative estimate of drug-likeness (QED) is 0.864. The maximum atomic E-state index is 11.7. The Morgan fingerprint density at radius 3 is 2.79 bits per heavy atom. The second-order valence-corrected chi connectivity index (χ2v) is 5.37. The number of halogens is 1. The van der Waals surface area contributed by atoms with Crippen LogP contribution < -0.4 is 5.32 Å². The fourth-order valence-electron chi connectivity index (χ4n) is 1.81. The average molecular weight is 282 g/mol. The number of benzene rings is 1. The molecule has 0 bridgehead atoms. The van der Waals surface area contributed by atoms with Gasteiger partial charge in [-0.2, -0.15) is 0 Å². The van der Waals surface area contributed by atoms with Gasteiger partial charge in [0.15, 0.2) is 6.61 Å². The number of hydrogen-bond donors (Lipinski definition) is 1. The highest BCUT2D eigenvalue weighted by Gasteiger charge is 2.40. The summed E-state index contributed by atoms with van der Waals surface area (Å²) in [6.45, 7) is 3.60. The molecule has 0 saturated heterocycles. The average Bonchev–Trinajstić information content (AvgIpc) is 3.08. The van der Waals surface area contributed by atoms with Crippen molar-refractivity contribution in [1.82, 2.24) is 0 Å². The molecule has 102 valence electrons. The first kappa shape index (κ1) is 13.9. The molecule has 1 aliphatic carbocycles. The van der Waals surface area contributed by atoms with Crippen molar-refractivity contribution in [3.63, 3.8) is 0 Å². The predicted molar refractivity (Wildman–Crippen MR) is 73.0 cm³/mol. The summed E-state index contributed by atoms with van der Waals surface area (Å²) >= 11 is 5.86. The van der Waals surface area contributed by atoms with Gasteiger partial charge in [-0.05, 0) is 37.0 Å². The van der Waals surface area contributed by atoms with Crippen molar-refractivity contribution in [2.24, 2.45) is 11.8 Å². The van der Waals surface area contributed by atoms with E-state index >= 15 is 0 Å². The van der Waals surface area contributed by atoms with E-state index in [2.05, 4.69) is 5.32 Å². The molecule has 1 aromatic rings. The largest absolute Gasteiger partial charge is 0.455 e. The molecule has 19 heavy (non-hydrogen) atoms. The standard InChI is InChI=1S/C14H16ClNO3/c1-8-3-4-10(15)6-12(8)16-13(17)7-19-14(18)11-5-9(11)2/h3-4,6,9,11H,5,7H2,1-2H3,(H,16,17)/t9-,11-/m0/s1. The number of nitrogens with one attached hydrogen (secondary N) is 1. The van der Waals surface area contributed by atoms with Crippen LogP contribution in [0.4, 0.5) is 5.69 Å². The van der Waals surface area contributed by atoms with Gasteiger partial charge in [0.05, 0.1) is 5.92 Å². The van der Waals surface area contributed by atoms with Crippen molar-refractivity contribution in [3.05, 3.63) is 28.8 Å². The molecule has 1 saturated carbocycles. The molecule has 1 aromatic carbocycles. The van der Waals surface area contributed by atoms with Crippen LogP contribution in [-0.4, -0.2) is 18.5 Å². The first-order valence-electron chi connectivity index (χ1n) is 6.20. The molecule has 1 aliphatic rings. The molecule has 1 fully saturated rings. The molecule has 0 aliphatic heterocycles. The monoisotopic (exact) mass is 281 g/mol. The van der Waals surface area contributed by atoms with E-state index in [-0.39, 0.29) is 24.4 Å². The summed E-state index contributed by atoms with van der Waals surface area (Å²) in [7, 11) is 0. The SMILES string of the molecule is Cc1ccc(Cl)cc1NC(=O)COC(=O)[C@H]1C[C@@H]1C. The molecule has 2 rings (SSSR count). The van der Waals surface area contributed by atoms with E-state index in [1.54, 1.807) is 12.1 Å². The fraction of sp³-hybridized carbons (Fsp3) is 0.429. The lowest BCUT2D eigenvalue weighted by molar-refractivity contribution is -0.148. The molecule has 0 spiro atoms. The van der Waals surface area contributed by atoms with Crippen LogP contribution in [0, 0.1) is 18.8 Å². The minimum atomic E-state index is -0.355. The van der Waals surface area contributed by atoms with Crippen molar-refractivity contribution < 1.29 is 14.3 Å². The van der Waals surface area contributed by atoms with Crippen molar-refractivity contribution in [2.75, 3.05) is 11.9 Å². The highest BCUT2D eigenvalue weighted by Crippen LogP contribution is 2.38. The van der Waals surface area contributed by atoms with Crippen LogP contribution in [0.25, 0.3) is 0 Å². The van der Waals surface area contributed by atoms with Crippen molar-refractivity contribution in [2.45, 2.75) is 20.3 Å². The second-order valence-electron chi connectivity index (χ2n) is 4.93. The third kappa shape index (κ3) is 3.70. The highest BCUT2D eigenvalue weighted by molar-refractivity contribution is 6.31. The summed E-state index contributed by atoms with van der Waals surface area (Å²) in [5, 5.41) is 3.22. The van der Waals surface area contributed by atoms with E-state index in [0.717, 1.165) is 12.0 Å². The van der Waals surface area contributed by atoms with Crippen LogP contribution in [0.1, 0.15) is 18.9 Å². The fourth-order valence-corrected chi connectivity index (χ4v) is 1.98. The van der Waals surface area contributed by atoms with Gasteiger partial charge in [-0.25, -0.2) is 0 Å². The van der Waals surface area contributed by atoms with Gasteiger partial charge in [-0.15, -0.1) is 0 Å². The number of esters is 1. The van der Waals surface area contributed by atoms with E-state index in [9.17, 15) is 9.59 Å². The van der Waals surface area contributed by atoms with Crippen molar-refractivity contribution in [3.8, 4) is 0 Å². The van der Waals surface area contributed by atoms with Crippen LogP contribution in [-0.2, 0) is 14.3 Å². The molecule has 1 N–H and O–H groups in total. The third-order valence-corrected chi connectivity index (χ3v) is 3.47. The summed E-state index contributed by atoms with van der Waals surface area (Å²) in [6.07, 6.45) is 0.855. The first-order chi connectivity index (χ1) is 8.97. The Morgan fingerprint density at radius 2 is 2.16 bits per heavy atom. The van der Waals surface area contributed by atoms with Gasteiger partial charge in [0.1, 0.15) is 0 Å². The zero-order valence-electron chi connectivity index (χ0n) is 10.9. The number of carbonyl (C=O) groups excluding carboxylic acids is 2. The van der Waals surface area contributed by atoms with E-state index in [1.807, 2.05) is 19.9 Å². The van der Waals surface area contributed by atoms with Gasteiger partial charge in [0.25, 0.3) is 5.91 Å². The lowest BCUT2D eigenvalue weighted by Gasteiger charge is -2.09. The van der Waals surface area contributed by atoms with Gasteiger partial charge < -0.3 is 10.1 Å². The van der Waals surface area contributed by atoms with Crippen molar-refractivity contribution >= 4 is 29.2 Å². The number of carbonyl (C=O) groups is 2. The van der Waals surface area contributed by atoms with E-state index in [4.69, 9.17) is 16.3 Å². The zero-order valence-corrected chi connectivity index (χ0v) is 11.7. The predicted octanol–water partition coefficient (Wildman–Crippen LogP) is 2.79. The maximum absolute atomic E-state index is 11.7. The molecule has 1 amide bonds. The number of hydrogen-bond acceptors (Lipinski definition) is 3. The van der Waals surface area contributed by atoms with Crippen molar-refractivity contribution in [1.29, 1.82) is 0 Å². The summed E-state index contributed by atoms with van der Waals surface area (Å²) in [4.78, 5) is 23.1. The Bertz CT molecular complexity index is 515. The van der Waals surface area contributed by atoms with Gasteiger partial charge in [0, 0.05) is 10.7 Å². The highest BCUT2D eigenvalue weighted by atomic mass is 35.5. The molecule has 0 radical (unpaired) electrons. The summed E-state index contributed by atoms with van der Waals surface area (Å²) < 4.78 is 4.96. The number of ether oxygens (including phenoxy) is 1. The van der Waals surface area contributed by atoms with Gasteiger partial charge in [0.2, 0.25) is 0 Å². The summed E-state index contributed by atoms with van der Waals surface area (Å²) in [5.74, 6) is -0.288. The Hall–Kier alpha value is -1.55. The van der Waals surface area contributed by atoms with E-state index in [0.29, 0.717) is 16.6 Å². The Balaban J connectivity index is 1.84. The molecule has 5 heteroatoms. The molecule has 4 nitrogen and oxygen atoms in total. The van der Waals surface area contributed by atoms with Gasteiger partial charge in [-0.1, -0.05) is 24.6 Å². The van der Waals surface area contributed by atoms with Gasteiger partial charge >= 0.3 is 5.97 Å². The lowest BCUT2D eigenvalue weighted by atomic mass is 10.2.